The Kier molecular flexibility index (Phi) is 2.00. The number of aryl methyl sites for hydroxylation is 1. The van der Waals surface area contributed by atoms with Gasteiger partial charge in [-0.25, -0.2) is 4.39 Å². The number of hydrogen-bond acceptors (Lipinski definition) is 2. The van der Waals surface area contributed by atoms with E-state index < -0.39 is 5.82 Å². The topological polar surface area (TPSA) is 30.0 Å². The van der Waals surface area contributed by atoms with Crippen LogP contribution in [-0.2, 0) is 0 Å². The van der Waals surface area contributed by atoms with Crippen LogP contribution >= 0.6 is 0 Å². The van der Waals surface area contributed by atoms with Crippen LogP contribution in [0.3, 0.4) is 0 Å². The normalized spacial score (nSPS) is 10.4. The van der Waals surface area contributed by atoms with Crippen molar-refractivity contribution >= 4 is 17.2 Å². The number of benzene rings is 1. The summed E-state index contributed by atoms with van der Waals surface area (Å²) in [6.45, 7) is 1.86. The molecular formula is C11H8FNO. The molecule has 0 N–H and O–H groups in total. The fourth-order valence-corrected chi connectivity index (χ4v) is 1.47. The number of rotatable bonds is 1. The summed E-state index contributed by atoms with van der Waals surface area (Å²) in [7, 11) is 0. The third kappa shape index (κ3) is 1.27. The lowest BCUT2D eigenvalue weighted by molar-refractivity contribution is 0.112. The molecule has 2 rings (SSSR count). The molecule has 0 radical (unpaired) electrons. The van der Waals surface area contributed by atoms with Crippen molar-refractivity contribution in [2.75, 3.05) is 0 Å². The van der Waals surface area contributed by atoms with E-state index in [4.69, 9.17) is 0 Å². The summed E-state index contributed by atoms with van der Waals surface area (Å²) in [5.41, 5.74) is 1.77. The molecule has 0 aliphatic carbocycles. The number of pyridine rings is 1. The van der Waals surface area contributed by atoms with Crippen molar-refractivity contribution in [1.82, 2.24) is 4.98 Å². The van der Waals surface area contributed by atoms with Gasteiger partial charge in [0, 0.05) is 17.1 Å². The smallest absolute Gasteiger partial charge is 0.152 e. The number of aldehydes is 1. The second-order valence-electron chi connectivity index (χ2n) is 3.14. The molecule has 0 saturated heterocycles. The maximum absolute atomic E-state index is 13.1. The monoisotopic (exact) mass is 189 g/mol. The molecule has 2 nitrogen and oxygen atoms in total. The van der Waals surface area contributed by atoms with E-state index in [0.717, 1.165) is 5.56 Å². The van der Waals surface area contributed by atoms with Gasteiger partial charge in [0.15, 0.2) is 6.29 Å². The number of aromatic nitrogens is 1. The summed E-state index contributed by atoms with van der Waals surface area (Å²) in [5, 5.41) is 0.689. The number of carbonyl (C=O) groups is 1. The van der Waals surface area contributed by atoms with E-state index in [1.165, 1.54) is 12.1 Å². The van der Waals surface area contributed by atoms with Crippen molar-refractivity contribution in [3.8, 4) is 0 Å². The van der Waals surface area contributed by atoms with Gasteiger partial charge in [0.05, 0.1) is 5.52 Å². The van der Waals surface area contributed by atoms with E-state index in [-0.39, 0.29) is 0 Å². The van der Waals surface area contributed by atoms with Gasteiger partial charge < -0.3 is 0 Å². The van der Waals surface area contributed by atoms with Crippen LogP contribution in [0, 0.1) is 12.7 Å². The minimum absolute atomic E-state index is 0.295. The van der Waals surface area contributed by atoms with Crippen LogP contribution in [0.4, 0.5) is 4.39 Å². The lowest BCUT2D eigenvalue weighted by Crippen LogP contribution is -1.91. The molecular weight excluding hydrogens is 181 g/mol. The van der Waals surface area contributed by atoms with Gasteiger partial charge in [-0.3, -0.25) is 9.78 Å². The molecule has 0 unspecified atom stereocenters. The summed E-state index contributed by atoms with van der Waals surface area (Å²) < 4.78 is 13.1. The Morgan fingerprint density at radius 2 is 2.21 bits per heavy atom. The molecule has 3 heteroatoms. The van der Waals surface area contributed by atoms with E-state index in [0.29, 0.717) is 22.8 Å². The molecule has 1 heterocycles. The minimum Gasteiger partial charge on any atom is -0.298 e. The van der Waals surface area contributed by atoms with Crippen LogP contribution in [0.1, 0.15) is 15.9 Å². The maximum atomic E-state index is 13.1. The van der Waals surface area contributed by atoms with Gasteiger partial charge in [0.25, 0.3) is 0 Å². The molecule has 2 aromatic rings. The zero-order valence-electron chi connectivity index (χ0n) is 7.62. The SMILES string of the molecule is Cc1ccnc2c(C=O)cc(F)cc12. The maximum Gasteiger partial charge on any atom is 0.152 e. The highest BCUT2D eigenvalue weighted by molar-refractivity contribution is 5.96. The van der Waals surface area contributed by atoms with Gasteiger partial charge in [0.2, 0.25) is 0 Å². The highest BCUT2D eigenvalue weighted by Crippen LogP contribution is 2.20. The van der Waals surface area contributed by atoms with Gasteiger partial charge in [-0.05, 0) is 30.7 Å². The van der Waals surface area contributed by atoms with Gasteiger partial charge in [-0.2, -0.15) is 0 Å². The summed E-state index contributed by atoms with van der Waals surface area (Å²) in [4.78, 5) is 14.7. The van der Waals surface area contributed by atoms with Crippen LogP contribution in [0.5, 0.6) is 0 Å². The Bertz CT molecular complexity index is 508. The number of hydrogen-bond donors (Lipinski definition) is 0. The van der Waals surface area contributed by atoms with Crippen molar-refractivity contribution in [2.24, 2.45) is 0 Å². The van der Waals surface area contributed by atoms with Crippen LogP contribution in [0.15, 0.2) is 24.4 Å². The molecule has 1 aromatic carbocycles. The highest BCUT2D eigenvalue weighted by atomic mass is 19.1. The molecule has 0 spiro atoms. The predicted octanol–water partition coefficient (Wildman–Crippen LogP) is 2.49. The molecule has 0 aliphatic heterocycles. The van der Waals surface area contributed by atoms with E-state index in [1.54, 1.807) is 12.3 Å². The third-order valence-corrected chi connectivity index (χ3v) is 2.18. The molecule has 0 bridgehead atoms. The molecule has 14 heavy (non-hydrogen) atoms. The molecule has 0 fully saturated rings. The van der Waals surface area contributed by atoms with Crippen LogP contribution in [0.2, 0.25) is 0 Å². The Balaban J connectivity index is 2.94. The largest absolute Gasteiger partial charge is 0.298 e. The van der Waals surface area contributed by atoms with Gasteiger partial charge in [0.1, 0.15) is 5.82 Å². The highest BCUT2D eigenvalue weighted by Gasteiger charge is 2.05. The van der Waals surface area contributed by atoms with Crippen LogP contribution in [0.25, 0.3) is 10.9 Å². The van der Waals surface area contributed by atoms with Crippen molar-refractivity contribution in [1.29, 1.82) is 0 Å². The fraction of sp³-hybridized carbons (Fsp3) is 0.0909. The van der Waals surface area contributed by atoms with Crippen molar-refractivity contribution < 1.29 is 9.18 Å². The van der Waals surface area contributed by atoms with Gasteiger partial charge in [-0.15, -0.1) is 0 Å². The Morgan fingerprint density at radius 1 is 1.43 bits per heavy atom. The van der Waals surface area contributed by atoms with Gasteiger partial charge >= 0.3 is 0 Å². The Labute approximate surface area is 80.4 Å². The number of nitrogens with zero attached hydrogens (tertiary/aromatic N) is 1. The molecule has 70 valence electrons. The molecule has 0 saturated carbocycles. The Hall–Kier alpha value is -1.77. The third-order valence-electron chi connectivity index (χ3n) is 2.18. The van der Waals surface area contributed by atoms with Crippen LogP contribution in [-0.4, -0.2) is 11.3 Å². The second kappa shape index (κ2) is 3.18. The predicted molar refractivity (Wildman–Crippen MR) is 51.8 cm³/mol. The zero-order valence-corrected chi connectivity index (χ0v) is 7.62. The lowest BCUT2D eigenvalue weighted by Gasteiger charge is -2.03. The first-order valence-electron chi connectivity index (χ1n) is 4.22. The fourth-order valence-electron chi connectivity index (χ4n) is 1.47. The summed E-state index contributed by atoms with van der Waals surface area (Å²) in [6, 6.07) is 4.38. The first kappa shape index (κ1) is 8.81. The van der Waals surface area contributed by atoms with E-state index >= 15 is 0 Å². The Morgan fingerprint density at radius 3 is 2.93 bits per heavy atom. The van der Waals surface area contributed by atoms with E-state index in [9.17, 15) is 9.18 Å². The first-order chi connectivity index (χ1) is 6.72. The summed E-state index contributed by atoms with van der Waals surface area (Å²) >= 11 is 0. The zero-order chi connectivity index (χ0) is 10.1. The molecule has 0 atom stereocenters. The number of halogens is 1. The van der Waals surface area contributed by atoms with E-state index in [2.05, 4.69) is 4.98 Å². The van der Waals surface area contributed by atoms with Gasteiger partial charge in [-0.1, -0.05) is 0 Å². The van der Waals surface area contributed by atoms with Crippen molar-refractivity contribution in [3.63, 3.8) is 0 Å². The molecule has 0 amide bonds. The summed E-state index contributed by atoms with van der Waals surface area (Å²) in [5.74, 6) is -0.407. The average molecular weight is 189 g/mol. The average Bonchev–Trinajstić information content (AvgIpc) is 2.18. The standard InChI is InChI=1S/C11H8FNO/c1-7-2-3-13-11-8(6-14)4-9(12)5-10(7)11/h2-6H,1H3. The number of fused-ring (bicyclic) bond motifs is 1. The minimum atomic E-state index is -0.407. The quantitative estimate of drug-likeness (QED) is 0.645. The molecule has 0 aliphatic rings. The van der Waals surface area contributed by atoms with Crippen molar-refractivity contribution in [3.05, 3.63) is 41.3 Å². The second-order valence-corrected chi connectivity index (χ2v) is 3.14. The molecule has 1 aromatic heterocycles. The van der Waals surface area contributed by atoms with Crippen LogP contribution < -0.4 is 0 Å². The lowest BCUT2D eigenvalue weighted by atomic mass is 10.1. The first-order valence-corrected chi connectivity index (χ1v) is 4.22. The van der Waals surface area contributed by atoms with E-state index in [1.807, 2.05) is 6.92 Å². The summed E-state index contributed by atoms with van der Waals surface area (Å²) in [6.07, 6.45) is 2.24. The van der Waals surface area contributed by atoms with Crippen molar-refractivity contribution in [2.45, 2.75) is 6.92 Å². The number of carbonyl (C=O) groups excluding carboxylic acids is 1.